The molecule has 0 radical (unpaired) electrons. The molecule has 0 aliphatic rings. The summed E-state index contributed by atoms with van der Waals surface area (Å²) >= 11 is 0. The molecule has 0 atom stereocenters. The van der Waals surface area contributed by atoms with Crippen LogP contribution in [0.25, 0.3) is 0 Å². The second kappa shape index (κ2) is 9.13. The summed E-state index contributed by atoms with van der Waals surface area (Å²) in [6.07, 6.45) is 0.907. The predicted octanol–water partition coefficient (Wildman–Crippen LogP) is 4.70. The zero-order chi connectivity index (χ0) is 21.7. The van der Waals surface area contributed by atoms with E-state index >= 15 is 0 Å². The van der Waals surface area contributed by atoms with Crippen molar-refractivity contribution in [1.29, 1.82) is 0 Å². The average molecular weight is 423 g/mol. The van der Waals surface area contributed by atoms with Crippen molar-refractivity contribution in [2.75, 3.05) is 16.2 Å². The minimum Gasteiger partial charge on any atom is -0.325 e. The van der Waals surface area contributed by atoms with Crippen molar-refractivity contribution in [3.63, 3.8) is 0 Å². The summed E-state index contributed by atoms with van der Waals surface area (Å²) in [7, 11) is -3.91. The molecule has 5 nitrogen and oxygen atoms in total. The van der Waals surface area contributed by atoms with Gasteiger partial charge in [0.2, 0.25) is 5.91 Å². The van der Waals surface area contributed by atoms with Gasteiger partial charge in [-0.2, -0.15) is 0 Å². The molecule has 0 fully saturated rings. The number of anilines is 2. The number of amides is 1. The monoisotopic (exact) mass is 422 g/mol. The molecule has 0 saturated heterocycles. The lowest BCUT2D eigenvalue weighted by Crippen LogP contribution is -2.38. The molecule has 1 N–H and O–H groups in total. The SMILES string of the molecule is CCc1ccc(NC(=O)CN(c2ccc(C)cc2C)S(=O)(=O)c2ccccc2)cc1. The fraction of sp³-hybridized carbons (Fsp3) is 0.208. The van der Waals surface area contributed by atoms with Crippen LogP contribution in [0.4, 0.5) is 11.4 Å². The first kappa shape index (κ1) is 21.6. The van der Waals surface area contributed by atoms with E-state index in [2.05, 4.69) is 12.2 Å². The van der Waals surface area contributed by atoms with Gasteiger partial charge in [0, 0.05) is 5.69 Å². The summed E-state index contributed by atoms with van der Waals surface area (Å²) in [5.74, 6) is -0.404. The Morgan fingerprint density at radius 2 is 1.60 bits per heavy atom. The van der Waals surface area contributed by atoms with Crippen LogP contribution in [0, 0.1) is 13.8 Å². The summed E-state index contributed by atoms with van der Waals surface area (Å²) in [6, 6.07) is 21.2. The van der Waals surface area contributed by atoms with Crippen molar-refractivity contribution in [3.8, 4) is 0 Å². The number of carbonyl (C=O) groups is 1. The molecular formula is C24H26N2O3S. The van der Waals surface area contributed by atoms with Gasteiger partial charge in [-0.25, -0.2) is 8.42 Å². The molecule has 3 rings (SSSR count). The Bertz CT molecular complexity index is 1120. The molecule has 0 aliphatic carbocycles. The molecule has 0 bridgehead atoms. The molecule has 156 valence electrons. The fourth-order valence-corrected chi connectivity index (χ4v) is 4.77. The van der Waals surface area contributed by atoms with E-state index in [0.29, 0.717) is 11.4 Å². The fourth-order valence-electron chi connectivity index (χ4n) is 3.26. The minimum absolute atomic E-state index is 0.144. The third kappa shape index (κ3) is 4.89. The van der Waals surface area contributed by atoms with E-state index in [9.17, 15) is 13.2 Å². The normalized spacial score (nSPS) is 11.2. The summed E-state index contributed by atoms with van der Waals surface area (Å²) in [4.78, 5) is 12.9. The third-order valence-electron chi connectivity index (χ3n) is 4.89. The van der Waals surface area contributed by atoms with Crippen molar-refractivity contribution in [2.24, 2.45) is 0 Å². The Morgan fingerprint density at radius 1 is 0.933 bits per heavy atom. The summed E-state index contributed by atoms with van der Waals surface area (Å²) < 4.78 is 27.9. The maximum absolute atomic E-state index is 13.4. The van der Waals surface area contributed by atoms with Gasteiger partial charge in [0.15, 0.2) is 0 Å². The second-order valence-electron chi connectivity index (χ2n) is 7.21. The second-order valence-corrected chi connectivity index (χ2v) is 9.08. The van der Waals surface area contributed by atoms with Crippen LogP contribution in [0.1, 0.15) is 23.6 Å². The average Bonchev–Trinajstić information content (AvgIpc) is 2.73. The van der Waals surface area contributed by atoms with Gasteiger partial charge < -0.3 is 5.32 Å². The number of benzene rings is 3. The quantitative estimate of drug-likeness (QED) is 0.600. The Balaban J connectivity index is 1.94. The first-order valence-electron chi connectivity index (χ1n) is 9.85. The number of aryl methyl sites for hydroxylation is 3. The van der Waals surface area contributed by atoms with Crippen molar-refractivity contribution in [3.05, 3.63) is 89.5 Å². The molecule has 3 aromatic carbocycles. The van der Waals surface area contributed by atoms with Gasteiger partial charge in [0.05, 0.1) is 10.6 Å². The van der Waals surface area contributed by atoms with E-state index < -0.39 is 15.9 Å². The first-order chi connectivity index (χ1) is 14.3. The highest BCUT2D eigenvalue weighted by Crippen LogP contribution is 2.27. The van der Waals surface area contributed by atoms with Gasteiger partial charge >= 0.3 is 0 Å². The highest BCUT2D eigenvalue weighted by molar-refractivity contribution is 7.92. The topological polar surface area (TPSA) is 66.5 Å². The number of hydrogen-bond donors (Lipinski definition) is 1. The Kier molecular flexibility index (Phi) is 6.57. The largest absolute Gasteiger partial charge is 0.325 e. The predicted molar refractivity (Wildman–Crippen MR) is 121 cm³/mol. The minimum atomic E-state index is -3.91. The van der Waals surface area contributed by atoms with Crippen LogP contribution < -0.4 is 9.62 Å². The number of carbonyl (C=O) groups excluding carboxylic acids is 1. The molecular weight excluding hydrogens is 396 g/mol. The highest BCUT2D eigenvalue weighted by Gasteiger charge is 2.28. The number of nitrogens with one attached hydrogen (secondary N) is 1. The van der Waals surface area contributed by atoms with Gasteiger partial charge in [-0.15, -0.1) is 0 Å². The smallest absolute Gasteiger partial charge is 0.264 e. The van der Waals surface area contributed by atoms with Crippen molar-refractivity contribution in [1.82, 2.24) is 0 Å². The Hall–Kier alpha value is -3.12. The lowest BCUT2D eigenvalue weighted by atomic mass is 10.1. The van der Waals surface area contributed by atoms with Crippen molar-refractivity contribution < 1.29 is 13.2 Å². The van der Waals surface area contributed by atoms with Crippen LogP contribution in [-0.4, -0.2) is 20.9 Å². The van der Waals surface area contributed by atoms with E-state index in [1.807, 2.05) is 50.2 Å². The summed E-state index contributed by atoms with van der Waals surface area (Å²) in [5, 5.41) is 2.80. The zero-order valence-electron chi connectivity index (χ0n) is 17.4. The third-order valence-corrected chi connectivity index (χ3v) is 6.66. The maximum Gasteiger partial charge on any atom is 0.264 e. The van der Waals surface area contributed by atoms with Crippen LogP contribution >= 0.6 is 0 Å². The molecule has 6 heteroatoms. The molecule has 0 aromatic heterocycles. The summed E-state index contributed by atoms with van der Waals surface area (Å²) in [5.41, 5.74) is 4.09. The van der Waals surface area contributed by atoms with Crippen LogP contribution in [0.3, 0.4) is 0 Å². The van der Waals surface area contributed by atoms with Gasteiger partial charge in [-0.1, -0.05) is 55.0 Å². The lowest BCUT2D eigenvalue weighted by Gasteiger charge is -2.26. The van der Waals surface area contributed by atoms with E-state index in [0.717, 1.165) is 23.1 Å². The number of nitrogens with zero attached hydrogens (tertiary/aromatic N) is 1. The molecule has 0 heterocycles. The van der Waals surface area contributed by atoms with Gasteiger partial charge in [0.1, 0.15) is 6.54 Å². The maximum atomic E-state index is 13.4. The summed E-state index contributed by atoms with van der Waals surface area (Å²) in [6.45, 7) is 5.52. The molecule has 0 aliphatic heterocycles. The van der Waals surface area contributed by atoms with Crippen LogP contribution in [0.15, 0.2) is 77.7 Å². The Labute approximate surface area is 178 Å². The van der Waals surface area contributed by atoms with Crippen LogP contribution in [0.5, 0.6) is 0 Å². The van der Waals surface area contributed by atoms with Crippen LogP contribution in [-0.2, 0) is 21.2 Å². The van der Waals surface area contributed by atoms with Crippen molar-refractivity contribution in [2.45, 2.75) is 32.1 Å². The number of hydrogen-bond acceptors (Lipinski definition) is 3. The van der Waals surface area contributed by atoms with Crippen LogP contribution in [0.2, 0.25) is 0 Å². The molecule has 1 amide bonds. The molecule has 0 saturated carbocycles. The highest BCUT2D eigenvalue weighted by atomic mass is 32.2. The van der Waals surface area contributed by atoms with Gasteiger partial charge in [-0.05, 0) is 61.7 Å². The van der Waals surface area contributed by atoms with E-state index in [1.54, 1.807) is 24.3 Å². The first-order valence-corrected chi connectivity index (χ1v) is 11.3. The van der Waals surface area contributed by atoms with Gasteiger partial charge in [0.25, 0.3) is 10.0 Å². The van der Waals surface area contributed by atoms with E-state index in [4.69, 9.17) is 0 Å². The number of rotatable bonds is 7. The number of sulfonamides is 1. The zero-order valence-corrected chi connectivity index (χ0v) is 18.2. The standard InChI is InChI=1S/C24H26N2O3S/c1-4-20-11-13-21(14-12-20)25-24(27)17-26(23-15-10-18(2)16-19(23)3)30(28,29)22-8-6-5-7-9-22/h5-16H,4,17H2,1-3H3,(H,25,27). The van der Waals surface area contributed by atoms with E-state index in [-0.39, 0.29) is 11.4 Å². The lowest BCUT2D eigenvalue weighted by molar-refractivity contribution is -0.114. The van der Waals surface area contributed by atoms with E-state index in [1.165, 1.54) is 16.4 Å². The Morgan fingerprint density at radius 3 is 2.20 bits per heavy atom. The molecule has 0 unspecified atom stereocenters. The van der Waals surface area contributed by atoms with Crippen molar-refractivity contribution >= 4 is 27.3 Å². The molecule has 3 aromatic rings. The van der Waals surface area contributed by atoms with Gasteiger partial charge in [-0.3, -0.25) is 9.10 Å². The molecule has 30 heavy (non-hydrogen) atoms. The molecule has 0 spiro atoms.